The number of carboxylic acid groups (broad SMARTS) is 1. The summed E-state index contributed by atoms with van der Waals surface area (Å²) in [6.45, 7) is 4.12. The van der Waals surface area contributed by atoms with Crippen molar-refractivity contribution in [3.8, 4) is 0 Å². The quantitative estimate of drug-likeness (QED) is 0.522. The summed E-state index contributed by atoms with van der Waals surface area (Å²) >= 11 is 0. The van der Waals surface area contributed by atoms with Gasteiger partial charge in [0, 0.05) is 25.3 Å². The fourth-order valence-electron chi connectivity index (χ4n) is 4.51. The summed E-state index contributed by atoms with van der Waals surface area (Å²) in [5.41, 5.74) is 1.55. The lowest BCUT2D eigenvalue weighted by atomic mass is 9.79. The van der Waals surface area contributed by atoms with Gasteiger partial charge in [0.1, 0.15) is 0 Å². The average Bonchev–Trinajstić information content (AvgIpc) is 2.79. The van der Waals surface area contributed by atoms with E-state index in [2.05, 4.69) is 25.6 Å². The summed E-state index contributed by atoms with van der Waals surface area (Å²) in [5, 5.41) is 17.4. The van der Waals surface area contributed by atoms with Gasteiger partial charge < -0.3 is 25.4 Å². The molecule has 31 heavy (non-hydrogen) atoms. The first kappa shape index (κ1) is 22.9. The number of hydrogen-bond donors (Lipinski definition) is 4. The first-order valence-electron chi connectivity index (χ1n) is 10.9. The Labute approximate surface area is 182 Å². The molecule has 1 aromatic rings. The Balaban J connectivity index is 1.68. The number of piperidine rings is 2. The van der Waals surface area contributed by atoms with Gasteiger partial charge in [-0.15, -0.1) is 0 Å². The molecular weight excluding hydrogens is 400 g/mol. The van der Waals surface area contributed by atoms with Crippen molar-refractivity contribution >= 4 is 29.3 Å². The van der Waals surface area contributed by atoms with Gasteiger partial charge in [0.05, 0.1) is 24.8 Å². The van der Waals surface area contributed by atoms with Crippen molar-refractivity contribution in [3.05, 3.63) is 23.8 Å². The van der Waals surface area contributed by atoms with Gasteiger partial charge in [-0.05, 0) is 68.8 Å². The minimum Gasteiger partial charge on any atom is -0.481 e. The topological polar surface area (TPSA) is 120 Å². The highest BCUT2D eigenvalue weighted by molar-refractivity contribution is 6.03. The average molecular weight is 433 g/mol. The zero-order valence-corrected chi connectivity index (χ0v) is 18.0. The van der Waals surface area contributed by atoms with Gasteiger partial charge in [-0.25, -0.2) is 4.79 Å². The van der Waals surface area contributed by atoms with Crippen LogP contribution in [0.3, 0.4) is 0 Å². The van der Waals surface area contributed by atoms with Gasteiger partial charge in [0.15, 0.2) is 0 Å². The van der Waals surface area contributed by atoms with E-state index in [1.807, 2.05) is 6.07 Å². The number of amides is 2. The van der Waals surface area contributed by atoms with E-state index >= 15 is 0 Å². The molecule has 0 aliphatic carbocycles. The molecule has 0 unspecified atom stereocenters. The Morgan fingerprint density at radius 3 is 2.45 bits per heavy atom. The van der Waals surface area contributed by atoms with Crippen LogP contribution in [0.25, 0.3) is 0 Å². The molecule has 2 saturated heterocycles. The van der Waals surface area contributed by atoms with Crippen molar-refractivity contribution in [1.29, 1.82) is 0 Å². The second-order valence-corrected chi connectivity index (χ2v) is 8.16. The highest BCUT2D eigenvalue weighted by Gasteiger charge is 2.28. The first-order valence-corrected chi connectivity index (χ1v) is 10.9. The number of benzene rings is 1. The third-order valence-corrected chi connectivity index (χ3v) is 6.25. The Bertz CT molecular complexity index is 786. The summed E-state index contributed by atoms with van der Waals surface area (Å²) in [6.07, 6.45) is 3.95. The van der Waals surface area contributed by atoms with E-state index in [1.54, 1.807) is 12.1 Å². The molecule has 0 aromatic heterocycles. The molecule has 9 nitrogen and oxygen atoms in total. The number of hydrogen-bond acceptors (Lipinski definition) is 6. The smallest absolute Gasteiger partial charge is 0.411 e. The van der Waals surface area contributed by atoms with Crippen LogP contribution in [0.2, 0.25) is 0 Å². The van der Waals surface area contributed by atoms with E-state index in [4.69, 9.17) is 5.11 Å². The van der Waals surface area contributed by atoms with E-state index in [9.17, 15) is 14.4 Å². The van der Waals surface area contributed by atoms with Gasteiger partial charge in [0.2, 0.25) is 0 Å². The molecule has 9 heteroatoms. The summed E-state index contributed by atoms with van der Waals surface area (Å²) in [5.74, 6) is 0.127. The van der Waals surface area contributed by atoms with E-state index in [0.717, 1.165) is 56.5 Å². The second kappa shape index (κ2) is 11.0. The van der Waals surface area contributed by atoms with Gasteiger partial charge in [0.25, 0.3) is 5.91 Å². The number of rotatable bonds is 7. The van der Waals surface area contributed by atoms with Crippen LogP contribution in [0.15, 0.2) is 18.2 Å². The van der Waals surface area contributed by atoms with Crippen LogP contribution in [-0.4, -0.2) is 62.9 Å². The van der Waals surface area contributed by atoms with Crippen molar-refractivity contribution in [2.45, 2.75) is 32.1 Å². The number of methoxy groups -OCH3 is 1. The Morgan fingerprint density at radius 2 is 1.81 bits per heavy atom. The minimum absolute atomic E-state index is 0.0117. The maximum absolute atomic E-state index is 12.5. The van der Waals surface area contributed by atoms with Crippen LogP contribution in [0.1, 0.15) is 42.5 Å². The molecule has 4 N–H and O–H groups in total. The predicted molar refractivity (Wildman–Crippen MR) is 118 cm³/mol. The molecule has 3 rings (SSSR count). The largest absolute Gasteiger partial charge is 0.481 e. The maximum atomic E-state index is 12.5. The SMILES string of the molecule is COC(=O)Nc1cc(N2CCC(C3CCNCC3)CC2)ccc1C(=O)NCCC(=O)O. The van der Waals surface area contributed by atoms with Gasteiger partial charge in [-0.1, -0.05) is 0 Å². The lowest BCUT2D eigenvalue weighted by molar-refractivity contribution is -0.136. The molecule has 170 valence electrons. The van der Waals surface area contributed by atoms with Gasteiger partial charge in [-0.3, -0.25) is 14.9 Å². The fourth-order valence-corrected chi connectivity index (χ4v) is 4.51. The second-order valence-electron chi connectivity index (χ2n) is 8.16. The van der Waals surface area contributed by atoms with Crippen molar-refractivity contribution < 1.29 is 24.2 Å². The number of nitrogens with one attached hydrogen (secondary N) is 3. The van der Waals surface area contributed by atoms with E-state index in [-0.39, 0.29) is 18.5 Å². The van der Waals surface area contributed by atoms with Crippen LogP contribution in [-0.2, 0) is 9.53 Å². The number of carbonyl (C=O) groups is 3. The molecule has 0 saturated carbocycles. The summed E-state index contributed by atoms with van der Waals surface area (Å²) in [7, 11) is 1.26. The monoisotopic (exact) mass is 432 g/mol. The molecule has 2 heterocycles. The number of aliphatic carboxylic acids is 1. The lowest BCUT2D eigenvalue weighted by Gasteiger charge is -2.39. The molecule has 2 fully saturated rings. The van der Waals surface area contributed by atoms with Crippen molar-refractivity contribution in [1.82, 2.24) is 10.6 Å². The van der Waals surface area contributed by atoms with Crippen LogP contribution in [0, 0.1) is 11.8 Å². The van der Waals surface area contributed by atoms with Crippen molar-refractivity contribution in [3.63, 3.8) is 0 Å². The molecule has 2 aliphatic heterocycles. The van der Waals surface area contributed by atoms with Gasteiger partial charge in [-0.2, -0.15) is 0 Å². The summed E-state index contributed by atoms with van der Waals surface area (Å²) in [4.78, 5) is 37.3. The molecule has 0 atom stereocenters. The van der Waals surface area contributed by atoms with Crippen LogP contribution in [0.4, 0.5) is 16.2 Å². The van der Waals surface area contributed by atoms with Crippen molar-refractivity contribution in [2.24, 2.45) is 11.8 Å². The van der Waals surface area contributed by atoms with Crippen LogP contribution >= 0.6 is 0 Å². The third kappa shape index (κ3) is 6.33. The number of carboxylic acids is 1. The standard InChI is InChI=1S/C22H32N4O5/c1-31-22(30)25-19-14-17(2-3-18(19)21(29)24-11-6-20(27)28)26-12-7-16(8-13-26)15-4-9-23-10-5-15/h2-3,14-16,23H,4-13H2,1H3,(H,24,29)(H,25,30)(H,27,28). The van der Waals surface area contributed by atoms with E-state index in [0.29, 0.717) is 5.69 Å². The zero-order valence-electron chi connectivity index (χ0n) is 18.0. The fraction of sp³-hybridized carbons (Fsp3) is 0.591. The Hall–Kier alpha value is -2.81. The third-order valence-electron chi connectivity index (χ3n) is 6.25. The van der Waals surface area contributed by atoms with Crippen molar-refractivity contribution in [2.75, 3.05) is 50.1 Å². The summed E-state index contributed by atoms with van der Waals surface area (Å²) < 4.78 is 4.69. The molecule has 2 aliphatic rings. The highest BCUT2D eigenvalue weighted by atomic mass is 16.5. The Kier molecular flexibility index (Phi) is 8.11. The van der Waals surface area contributed by atoms with E-state index in [1.165, 1.54) is 20.0 Å². The minimum atomic E-state index is -0.989. The molecule has 2 amide bonds. The predicted octanol–water partition coefficient (Wildman–Crippen LogP) is 2.29. The number of nitrogens with zero attached hydrogens (tertiary/aromatic N) is 1. The highest BCUT2D eigenvalue weighted by Crippen LogP contribution is 2.33. The number of carbonyl (C=O) groups excluding carboxylic acids is 2. The zero-order chi connectivity index (χ0) is 22.2. The molecule has 0 radical (unpaired) electrons. The molecule has 1 aromatic carbocycles. The van der Waals surface area contributed by atoms with Crippen LogP contribution in [0.5, 0.6) is 0 Å². The lowest BCUT2D eigenvalue weighted by Crippen LogP contribution is -2.39. The number of anilines is 2. The normalized spacial score (nSPS) is 17.8. The maximum Gasteiger partial charge on any atom is 0.411 e. The molecular formula is C22H32N4O5. The van der Waals surface area contributed by atoms with Gasteiger partial charge >= 0.3 is 12.1 Å². The summed E-state index contributed by atoms with van der Waals surface area (Å²) in [6, 6.07) is 5.32. The molecule has 0 spiro atoms. The Morgan fingerprint density at radius 1 is 1.13 bits per heavy atom. The first-order chi connectivity index (χ1) is 15.0. The van der Waals surface area contributed by atoms with E-state index < -0.39 is 18.0 Å². The van der Waals surface area contributed by atoms with Crippen LogP contribution < -0.4 is 20.9 Å². The number of ether oxygens (including phenoxy) is 1. The molecule has 0 bridgehead atoms.